The molecule has 6 heteroatoms. The molecule has 3 fully saturated rings. The van der Waals surface area contributed by atoms with Gasteiger partial charge in [0.1, 0.15) is 6.07 Å². The number of rotatable bonds is 3. The third kappa shape index (κ3) is 3.81. The molecule has 5 nitrogen and oxygen atoms in total. The number of allylic oxidation sites excluding steroid dienone is 4. The Morgan fingerprint density at radius 2 is 1.72 bits per heavy atom. The lowest BCUT2D eigenvalue weighted by molar-refractivity contribution is -0.163. The van der Waals surface area contributed by atoms with Crippen molar-refractivity contribution in [3.63, 3.8) is 0 Å². The normalized spacial score (nSPS) is 43.9. The quantitative estimate of drug-likeness (QED) is 0.437. The second-order valence-corrected chi connectivity index (χ2v) is 16.3. The minimum atomic E-state index is -0.659. The number of fused-ring (bicyclic) bond motifs is 7. The number of nitrogens with one attached hydrogen (secondary N) is 1. The first kappa shape index (κ1) is 28.7. The topological polar surface area (TPSA) is 87.0 Å². The maximum absolute atomic E-state index is 14.5. The number of thioether (sulfide) groups is 1. The fourth-order valence-electron chi connectivity index (χ4n) is 10.3. The Balaban J connectivity index is 1.66. The summed E-state index contributed by atoms with van der Waals surface area (Å²) in [5, 5.41) is 13.4. The summed E-state index contributed by atoms with van der Waals surface area (Å²) in [7, 11) is 0. The average Bonchev–Trinajstić information content (AvgIpc) is 2.84. The maximum Gasteiger partial charge on any atom is 0.230 e. The monoisotopic (exact) mass is 550 g/mol. The zero-order valence-electron chi connectivity index (χ0n) is 25.1. The van der Waals surface area contributed by atoms with E-state index in [1.807, 2.05) is 32.3 Å². The van der Waals surface area contributed by atoms with Gasteiger partial charge in [-0.2, -0.15) is 17.0 Å². The highest BCUT2D eigenvalue weighted by molar-refractivity contribution is 7.99. The number of nitrogens with zero attached hydrogens (tertiary/aromatic N) is 1. The summed E-state index contributed by atoms with van der Waals surface area (Å²) in [4.78, 5) is 40.7. The SMILES string of the molecule is CSCC(=O)N[C@]12CCC(C)(C)C[C@H]1[C@H]1C(=O)C=C3[C@@]4(C)C=C(C#N)C(=O)C(C)(C)[C@@H]4CC[C@@]3(C)[C@]1(C)CC2. The lowest BCUT2D eigenvalue weighted by Crippen LogP contribution is -2.69. The van der Waals surface area contributed by atoms with Crippen LogP contribution in [0.2, 0.25) is 0 Å². The van der Waals surface area contributed by atoms with E-state index < -0.39 is 10.8 Å². The van der Waals surface area contributed by atoms with Crippen LogP contribution in [0.5, 0.6) is 0 Å². The van der Waals surface area contributed by atoms with Gasteiger partial charge in [0.2, 0.25) is 5.91 Å². The van der Waals surface area contributed by atoms with Gasteiger partial charge in [-0.15, -0.1) is 0 Å². The van der Waals surface area contributed by atoms with E-state index >= 15 is 0 Å². The molecule has 0 unspecified atom stereocenters. The Morgan fingerprint density at radius 3 is 2.36 bits per heavy atom. The highest BCUT2D eigenvalue weighted by atomic mass is 32.2. The van der Waals surface area contributed by atoms with Crippen LogP contribution < -0.4 is 5.32 Å². The minimum absolute atomic E-state index is 0.0454. The first-order chi connectivity index (χ1) is 18.0. The Hall–Kier alpha value is -1.87. The van der Waals surface area contributed by atoms with Crippen molar-refractivity contribution in [2.75, 3.05) is 12.0 Å². The standard InChI is InChI=1S/C33H46N2O3S/c1-28(2)11-13-33(35-25(37)19-39-8)14-12-32(7)26(21(33)17-28)22(36)15-24-30(5)16-20(18-34)27(38)29(3,4)23(30)9-10-31(24,32)6/h15-16,21,23,26H,9-14,17,19H2,1-8H3,(H,35,37)/t21-,23-,26-,30-,31+,32+,33-/m0/s1. The number of ketones is 2. The van der Waals surface area contributed by atoms with Crippen LogP contribution in [-0.2, 0) is 14.4 Å². The largest absolute Gasteiger partial charge is 0.350 e. The van der Waals surface area contributed by atoms with E-state index in [0.717, 1.165) is 50.5 Å². The molecule has 7 atom stereocenters. The van der Waals surface area contributed by atoms with Gasteiger partial charge in [0.05, 0.1) is 11.3 Å². The smallest absolute Gasteiger partial charge is 0.230 e. The number of carbonyl (C=O) groups excluding carboxylic acids is 3. The molecule has 5 rings (SSSR count). The van der Waals surface area contributed by atoms with Crippen molar-refractivity contribution in [2.24, 2.45) is 44.8 Å². The summed E-state index contributed by atoms with van der Waals surface area (Å²) in [6.45, 7) is 15.5. The number of carbonyl (C=O) groups is 3. The number of Topliss-reactive ketones (excluding diaryl/α,β-unsaturated/α-hetero) is 1. The molecule has 0 aromatic rings. The Morgan fingerprint density at radius 1 is 1.05 bits per heavy atom. The highest BCUT2D eigenvalue weighted by Crippen LogP contribution is 2.73. The first-order valence-corrected chi connectivity index (χ1v) is 16.1. The molecule has 3 saturated carbocycles. The molecule has 0 aromatic carbocycles. The molecule has 0 saturated heterocycles. The first-order valence-electron chi connectivity index (χ1n) is 14.8. The molecular formula is C33H46N2O3S. The van der Waals surface area contributed by atoms with Crippen molar-refractivity contribution in [2.45, 2.75) is 99.0 Å². The van der Waals surface area contributed by atoms with Crippen LogP contribution in [0.25, 0.3) is 0 Å². The van der Waals surface area contributed by atoms with E-state index in [-0.39, 0.29) is 62.6 Å². The minimum Gasteiger partial charge on any atom is -0.350 e. The van der Waals surface area contributed by atoms with Crippen LogP contribution in [-0.4, -0.2) is 35.0 Å². The number of amides is 1. The van der Waals surface area contributed by atoms with Crippen LogP contribution in [0.1, 0.15) is 93.4 Å². The molecule has 212 valence electrons. The maximum atomic E-state index is 14.5. The molecule has 0 heterocycles. The van der Waals surface area contributed by atoms with Crippen molar-refractivity contribution < 1.29 is 14.4 Å². The summed E-state index contributed by atoms with van der Waals surface area (Å²) >= 11 is 1.54. The van der Waals surface area contributed by atoms with Crippen LogP contribution in [0.3, 0.4) is 0 Å². The summed E-state index contributed by atoms with van der Waals surface area (Å²) in [5.41, 5.74) is -0.543. The van der Waals surface area contributed by atoms with Gasteiger partial charge >= 0.3 is 0 Å². The number of hydrogen-bond donors (Lipinski definition) is 1. The molecule has 39 heavy (non-hydrogen) atoms. The predicted octanol–water partition coefficient (Wildman–Crippen LogP) is 6.44. The Bertz CT molecular complexity index is 1240. The van der Waals surface area contributed by atoms with Crippen LogP contribution >= 0.6 is 11.8 Å². The summed E-state index contributed by atoms with van der Waals surface area (Å²) in [6.07, 6.45) is 12.3. The second-order valence-electron chi connectivity index (χ2n) is 15.4. The Labute approximate surface area is 239 Å². The number of hydrogen-bond acceptors (Lipinski definition) is 5. The molecule has 5 aliphatic carbocycles. The molecule has 5 aliphatic rings. The molecule has 0 spiro atoms. The molecule has 0 radical (unpaired) electrons. The molecule has 1 amide bonds. The molecular weight excluding hydrogens is 504 g/mol. The number of nitriles is 1. The van der Waals surface area contributed by atoms with E-state index in [2.05, 4.69) is 46.0 Å². The van der Waals surface area contributed by atoms with Crippen LogP contribution in [0.15, 0.2) is 23.3 Å². The van der Waals surface area contributed by atoms with Crippen molar-refractivity contribution in [1.82, 2.24) is 5.32 Å². The molecule has 0 aromatic heterocycles. The molecule has 0 bridgehead atoms. The van der Waals surface area contributed by atoms with Crippen molar-refractivity contribution in [3.8, 4) is 6.07 Å². The van der Waals surface area contributed by atoms with Crippen molar-refractivity contribution in [1.29, 1.82) is 5.26 Å². The molecule has 1 N–H and O–H groups in total. The van der Waals surface area contributed by atoms with Gasteiger partial charge in [0.15, 0.2) is 11.6 Å². The van der Waals surface area contributed by atoms with Gasteiger partial charge in [-0.05, 0) is 85.4 Å². The van der Waals surface area contributed by atoms with Gasteiger partial charge in [-0.25, -0.2) is 0 Å². The average molecular weight is 551 g/mol. The van der Waals surface area contributed by atoms with Gasteiger partial charge < -0.3 is 5.32 Å². The highest BCUT2D eigenvalue weighted by Gasteiger charge is 2.70. The van der Waals surface area contributed by atoms with Crippen molar-refractivity contribution >= 4 is 29.2 Å². The van der Waals surface area contributed by atoms with Gasteiger partial charge in [-0.3, -0.25) is 14.4 Å². The molecule has 0 aliphatic heterocycles. The van der Waals surface area contributed by atoms with Crippen LogP contribution in [0, 0.1) is 56.2 Å². The fourth-order valence-corrected chi connectivity index (χ4v) is 10.6. The van der Waals surface area contributed by atoms with E-state index in [1.54, 1.807) is 11.8 Å². The van der Waals surface area contributed by atoms with Gasteiger partial charge in [0.25, 0.3) is 0 Å². The summed E-state index contributed by atoms with van der Waals surface area (Å²) in [5.74, 6) is 0.606. The van der Waals surface area contributed by atoms with E-state index in [9.17, 15) is 19.6 Å². The van der Waals surface area contributed by atoms with E-state index in [0.29, 0.717) is 5.75 Å². The lowest BCUT2D eigenvalue weighted by Gasteiger charge is -2.69. The fraction of sp³-hybridized carbons (Fsp3) is 0.758. The third-order valence-electron chi connectivity index (χ3n) is 12.5. The predicted molar refractivity (Wildman–Crippen MR) is 156 cm³/mol. The lowest BCUT2D eigenvalue weighted by atomic mass is 9.35. The van der Waals surface area contributed by atoms with E-state index in [1.165, 1.54) is 0 Å². The van der Waals surface area contributed by atoms with Gasteiger partial charge in [0, 0.05) is 22.3 Å². The summed E-state index contributed by atoms with van der Waals surface area (Å²) < 4.78 is 0. The summed E-state index contributed by atoms with van der Waals surface area (Å²) in [6, 6.07) is 2.19. The van der Waals surface area contributed by atoms with Crippen molar-refractivity contribution in [3.05, 3.63) is 23.3 Å². The Kier molecular flexibility index (Phi) is 6.47. The second kappa shape index (κ2) is 8.81. The van der Waals surface area contributed by atoms with E-state index in [4.69, 9.17) is 0 Å². The zero-order chi connectivity index (χ0) is 28.8. The van der Waals surface area contributed by atoms with Gasteiger partial charge in [-0.1, -0.05) is 60.1 Å². The van der Waals surface area contributed by atoms with Crippen LogP contribution in [0.4, 0.5) is 0 Å². The third-order valence-corrected chi connectivity index (χ3v) is 13.1. The zero-order valence-corrected chi connectivity index (χ0v) is 25.9.